The van der Waals surface area contributed by atoms with Crippen molar-refractivity contribution in [2.24, 2.45) is 0 Å². The SMILES string of the molecule is CN(c1ccc(N(c2ccccc2)c2cccc3ccccc23)cc1)c1ccc([N+](=O)[O-])cc1. The fourth-order valence-electron chi connectivity index (χ4n) is 4.18. The van der Waals surface area contributed by atoms with E-state index in [1.54, 1.807) is 12.1 Å². The van der Waals surface area contributed by atoms with Gasteiger partial charge in [-0.15, -0.1) is 0 Å². The van der Waals surface area contributed by atoms with Crippen LogP contribution >= 0.6 is 0 Å². The number of hydrogen-bond acceptors (Lipinski definition) is 4. The van der Waals surface area contributed by atoms with Crippen LogP contribution in [-0.4, -0.2) is 12.0 Å². The molecule has 0 fully saturated rings. The highest BCUT2D eigenvalue weighted by Crippen LogP contribution is 2.39. The third-order valence-electron chi connectivity index (χ3n) is 5.96. The van der Waals surface area contributed by atoms with Crippen molar-refractivity contribution < 1.29 is 4.92 Å². The summed E-state index contributed by atoms with van der Waals surface area (Å²) in [5.41, 5.74) is 5.19. The van der Waals surface area contributed by atoms with E-state index < -0.39 is 0 Å². The van der Waals surface area contributed by atoms with Crippen LogP contribution < -0.4 is 9.80 Å². The van der Waals surface area contributed by atoms with Crippen molar-refractivity contribution in [2.45, 2.75) is 0 Å². The van der Waals surface area contributed by atoms with Gasteiger partial charge in [0.05, 0.1) is 10.6 Å². The average Bonchev–Trinajstić information content (AvgIpc) is 2.90. The smallest absolute Gasteiger partial charge is 0.269 e. The van der Waals surface area contributed by atoms with Gasteiger partial charge in [-0.2, -0.15) is 0 Å². The minimum atomic E-state index is -0.385. The lowest BCUT2D eigenvalue weighted by Crippen LogP contribution is -2.12. The zero-order chi connectivity index (χ0) is 23.5. The lowest BCUT2D eigenvalue weighted by atomic mass is 10.1. The molecule has 0 aromatic heterocycles. The molecule has 34 heavy (non-hydrogen) atoms. The highest BCUT2D eigenvalue weighted by molar-refractivity contribution is 5.98. The maximum atomic E-state index is 11.0. The molecule has 0 heterocycles. The first-order chi connectivity index (χ1) is 16.6. The summed E-state index contributed by atoms with van der Waals surface area (Å²) in [7, 11) is 1.95. The van der Waals surface area contributed by atoms with Crippen LogP contribution in [0.25, 0.3) is 10.8 Å². The van der Waals surface area contributed by atoms with Crippen molar-refractivity contribution in [1.29, 1.82) is 0 Å². The van der Waals surface area contributed by atoms with Crippen LogP contribution in [0.1, 0.15) is 0 Å². The summed E-state index contributed by atoms with van der Waals surface area (Å²) in [4.78, 5) is 14.8. The standard InChI is InChI=1S/C29H23N3O2/c1-30(24-16-20-27(21-17-24)32(33)34)23-14-18-26(19-15-23)31(25-10-3-2-4-11-25)29-13-7-9-22-8-5-6-12-28(22)29/h2-21H,1H3. The van der Waals surface area contributed by atoms with E-state index in [1.807, 2.05) is 30.1 Å². The fourth-order valence-corrected chi connectivity index (χ4v) is 4.18. The van der Waals surface area contributed by atoms with E-state index in [0.29, 0.717) is 0 Å². The minimum absolute atomic E-state index is 0.0843. The van der Waals surface area contributed by atoms with Crippen molar-refractivity contribution >= 4 is 44.9 Å². The van der Waals surface area contributed by atoms with E-state index >= 15 is 0 Å². The molecule has 0 aliphatic heterocycles. The third-order valence-corrected chi connectivity index (χ3v) is 5.96. The number of nitrogens with zero attached hydrogens (tertiary/aromatic N) is 3. The molecule has 166 valence electrons. The molecule has 0 saturated heterocycles. The topological polar surface area (TPSA) is 49.6 Å². The third kappa shape index (κ3) is 4.07. The lowest BCUT2D eigenvalue weighted by Gasteiger charge is -2.27. The second-order valence-electron chi connectivity index (χ2n) is 8.02. The molecule has 0 spiro atoms. The fraction of sp³-hybridized carbons (Fsp3) is 0.0345. The van der Waals surface area contributed by atoms with Crippen LogP contribution in [0.15, 0.2) is 121 Å². The van der Waals surface area contributed by atoms with Gasteiger partial charge in [-0.3, -0.25) is 10.1 Å². The Balaban J connectivity index is 1.53. The molecule has 0 N–H and O–H groups in total. The second-order valence-corrected chi connectivity index (χ2v) is 8.02. The van der Waals surface area contributed by atoms with Crippen molar-refractivity contribution in [1.82, 2.24) is 0 Å². The lowest BCUT2D eigenvalue weighted by molar-refractivity contribution is -0.384. The number of para-hydroxylation sites is 1. The second kappa shape index (κ2) is 9.08. The van der Waals surface area contributed by atoms with Gasteiger partial charge in [0.25, 0.3) is 5.69 Å². The first-order valence-corrected chi connectivity index (χ1v) is 11.0. The van der Waals surface area contributed by atoms with E-state index in [-0.39, 0.29) is 10.6 Å². The summed E-state index contributed by atoms with van der Waals surface area (Å²) in [6.07, 6.45) is 0. The summed E-state index contributed by atoms with van der Waals surface area (Å²) in [6.45, 7) is 0. The van der Waals surface area contributed by atoms with E-state index in [2.05, 4.69) is 83.8 Å². The predicted octanol–water partition coefficient (Wildman–Crippen LogP) is 7.99. The van der Waals surface area contributed by atoms with Gasteiger partial charge in [0.15, 0.2) is 0 Å². The molecule has 0 bridgehead atoms. The number of anilines is 5. The summed E-state index contributed by atoms with van der Waals surface area (Å²) < 4.78 is 0. The molecule has 0 saturated carbocycles. The summed E-state index contributed by atoms with van der Waals surface area (Å²) in [5.74, 6) is 0. The van der Waals surface area contributed by atoms with Crippen LogP contribution in [0.5, 0.6) is 0 Å². The number of benzene rings is 5. The molecular formula is C29H23N3O2. The molecule has 5 heteroatoms. The average molecular weight is 446 g/mol. The normalized spacial score (nSPS) is 10.7. The zero-order valence-corrected chi connectivity index (χ0v) is 18.7. The molecule has 5 aromatic carbocycles. The van der Waals surface area contributed by atoms with Crippen LogP contribution in [0.3, 0.4) is 0 Å². The molecule has 0 amide bonds. The molecule has 0 aliphatic carbocycles. The maximum absolute atomic E-state index is 11.0. The quantitative estimate of drug-likeness (QED) is 0.196. The summed E-state index contributed by atoms with van der Waals surface area (Å²) >= 11 is 0. The number of nitro groups is 1. The van der Waals surface area contributed by atoms with Crippen LogP contribution in [0.2, 0.25) is 0 Å². The Bertz CT molecular complexity index is 1430. The van der Waals surface area contributed by atoms with Gasteiger partial charge >= 0.3 is 0 Å². The Kier molecular flexibility index (Phi) is 5.67. The molecule has 0 aliphatic rings. The van der Waals surface area contributed by atoms with Crippen molar-refractivity contribution in [2.75, 3.05) is 16.8 Å². The van der Waals surface area contributed by atoms with Crippen LogP contribution in [-0.2, 0) is 0 Å². The number of hydrogen-bond donors (Lipinski definition) is 0. The Hall–Kier alpha value is -4.64. The van der Waals surface area contributed by atoms with Crippen LogP contribution in [0, 0.1) is 10.1 Å². The maximum Gasteiger partial charge on any atom is 0.269 e. The monoisotopic (exact) mass is 445 g/mol. The van der Waals surface area contributed by atoms with Crippen molar-refractivity contribution in [3.8, 4) is 0 Å². The van der Waals surface area contributed by atoms with Gasteiger partial charge in [-0.25, -0.2) is 0 Å². The number of rotatable bonds is 6. The number of nitro benzene ring substituents is 1. The van der Waals surface area contributed by atoms with Gasteiger partial charge in [0.1, 0.15) is 0 Å². The molecule has 5 nitrogen and oxygen atoms in total. The number of fused-ring (bicyclic) bond motifs is 1. The Morgan fingerprint density at radius 1 is 0.588 bits per heavy atom. The summed E-state index contributed by atoms with van der Waals surface area (Å²) in [6, 6.07) is 40.0. The summed E-state index contributed by atoms with van der Waals surface area (Å²) in [5, 5.41) is 13.3. The van der Waals surface area contributed by atoms with Crippen LogP contribution in [0.4, 0.5) is 34.1 Å². The molecule has 5 rings (SSSR count). The van der Waals surface area contributed by atoms with Gasteiger partial charge in [0, 0.05) is 47.3 Å². The Morgan fingerprint density at radius 3 is 1.79 bits per heavy atom. The number of non-ortho nitro benzene ring substituents is 1. The Labute approximate surface area is 198 Å². The molecule has 0 unspecified atom stereocenters. The van der Waals surface area contributed by atoms with Crippen molar-refractivity contribution in [3.05, 3.63) is 131 Å². The van der Waals surface area contributed by atoms with Gasteiger partial charge in [-0.1, -0.05) is 54.6 Å². The largest absolute Gasteiger partial charge is 0.345 e. The van der Waals surface area contributed by atoms with Gasteiger partial charge in [0.2, 0.25) is 0 Å². The van der Waals surface area contributed by atoms with Crippen molar-refractivity contribution in [3.63, 3.8) is 0 Å². The zero-order valence-electron chi connectivity index (χ0n) is 18.7. The predicted molar refractivity (Wildman–Crippen MR) is 140 cm³/mol. The van der Waals surface area contributed by atoms with Gasteiger partial charge < -0.3 is 9.80 Å². The first kappa shape index (κ1) is 21.2. The molecule has 5 aromatic rings. The van der Waals surface area contributed by atoms with E-state index in [1.165, 1.54) is 22.9 Å². The first-order valence-electron chi connectivity index (χ1n) is 11.0. The molecular weight excluding hydrogens is 422 g/mol. The molecule has 0 atom stereocenters. The van der Waals surface area contributed by atoms with E-state index in [9.17, 15) is 10.1 Å². The highest BCUT2D eigenvalue weighted by atomic mass is 16.6. The molecule has 0 radical (unpaired) electrons. The highest BCUT2D eigenvalue weighted by Gasteiger charge is 2.15. The Morgan fingerprint density at radius 2 is 1.12 bits per heavy atom. The van der Waals surface area contributed by atoms with Gasteiger partial charge in [-0.05, 0) is 60.0 Å². The minimum Gasteiger partial charge on any atom is -0.345 e. The van der Waals surface area contributed by atoms with E-state index in [4.69, 9.17) is 0 Å². The van der Waals surface area contributed by atoms with E-state index in [0.717, 1.165) is 28.4 Å².